The number of hydrogen-bond acceptors (Lipinski definition) is 4. The molecule has 2 N–H and O–H groups in total. The van der Waals surface area contributed by atoms with Crippen molar-refractivity contribution in [3.8, 4) is 0 Å². The van der Waals surface area contributed by atoms with Crippen LogP contribution in [-0.4, -0.2) is 41.1 Å². The maximum Gasteiger partial charge on any atom is 0.240 e. The summed E-state index contributed by atoms with van der Waals surface area (Å²) in [5.41, 5.74) is 0.938. The fourth-order valence-electron chi connectivity index (χ4n) is 2.24. The van der Waals surface area contributed by atoms with Crippen LogP contribution >= 0.6 is 0 Å². The third-order valence-corrected chi connectivity index (χ3v) is 5.41. The summed E-state index contributed by atoms with van der Waals surface area (Å²) in [7, 11) is -2.03. The summed E-state index contributed by atoms with van der Waals surface area (Å²) >= 11 is 0. The Morgan fingerprint density at radius 1 is 1.25 bits per heavy atom. The second-order valence-corrected chi connectivity index (χ2v) is 7.96. The molecule has 2 rings (SSSR count). The summed E-state index contributed by atoms with van der Waals surface area (Å²) in [6.07, 6.45) is 4.39. The van der Waals surface area contributed by atoms with Crippen molar-refractivity contribution in [3.63, 3.8) is 0 Å². The van der Waals surface area contributed by atoms with Gasteiger partial charge in [-0.3, -0.25) is 4.79 Å². The van der Waals surface area contributed by atoms with E-state index in [2.05, 4.69) is 10.0 Å². The van der Waals surface area contributed by atoms with Crippen LogP contribution in [0.5, 0.6) is 0 Å². The zero-order valence-electron chi connectivity index (χ0n) is 14.1. The van der Waals surface area contributed by atoms with E-state index < -0.39 is 10.0 Å². The van der Waals surface area contributed by atoms with Crippen LogP contribution in [0.4, 0.5) is 0 Å². The van der Waals surface area contributed by atoms with Gasteiger partial charge in [0.15, 0.2) is 0 Å². The smallest absolute Gasteiger partial charge is 0.240 e. The number of sulfonamides is 1. The average molecular weight is 354 g/mol. The molecule has 1 saturated carbocycles. The number of amides is 1. The SMILES string of the molecule is CNS(=O)(=O)c1ccc(CCC(=O)NCCCOCC2CC2)cc1. The third-order valence-electron chi connectivity index (χ3n) is 3.98. The highest BCUT2D eigenvalue weighted by atomic mass is 32.2. The van der Waals surface area contributed by atoms with Crippen molar-refractivity contribution >= 4 is 15.9 Å². The van der Waals surface area contributed by atoms with E-state index in [1.807, 2.05) is 0 Å². The van der Waals surface area contributed by atoms with E-state index in [1.165, 1.54) is 19.9 Å². The molecule has 0 saturated heterocycles. The van der Waals surface area contributed by atoms with Gasteiger partial charge in [0.2, 0.25) is 15.9 Å². The first-order valence-corrected chi connectivity index (χ1v) is 9.86. The van der Waals surface area contributed by atoms with E-state index in [9.17, 15) is 13.2 Å². The van der Waals surface area contributed by atoms with E-state index in [4.69, 9.17) is 4.74 Å². The van der Waals surface area contributed by atoms with Gasteiger partial charge >= 0.3 is 0 Å². The molecule has 0 unspecified atom stereocenters. The number of hydrogen-bond donors (Lipinski definition) is 2. The van der Waals surface area contributed by atoms with Crippen LogP contribution in [0.1, 0.15) is 31.2 Å². The number of rotatable bonds is 11. The Morgan fingerprint density at radius 3 is 2.58 bits per heavy atom. The summed E-state index contributed by atoms with van der Waals surface area (Å²) < 4.78 is 31.0. The average Bonchev–Trinajstić information content (AvgIpc) is 3.41. The standard InChI is InChI=1S/C17H26N2O4S/c1-18-24(21,22)16-8-5-14(6-9-16)7-10-17(20)19-11-2-12-23-13-15-3-4-15/h5-6,8-9,15,18H,2-4,7,10-13H2,1H3,(H,19,20). The predicted molar refractivity (Wildman–Crippen MR) is 92.2 cm³/mol. The molecule has 1 amide bonds. The molecule has 1 aromatic carbocycles. The van der Waals surface area contributed by atoms with Gasteiger partial charge in [0.25, 0.3) is 0 Å². The molecule has 1 aliphatic carbocycles. The molecule has 0 aliphatic heterocycles. The molecule has 0 aromatic heterocycles. The molecule has 0 atom stereocenters. The van der Waals surface area contributed by atoms with Crippen molar-refractivity contribution in [3.05, 3.63) is 29.8 Å². The molecule has 6 nitrogen and oxygen atoms in total. The zero-order chi connectivity index (χ0) is 17.4. The van der Waals surface area contributed by atoms with Crippen LogP contribution in [0.3, 0.4) is 0 Å². The van der Waals surface area contributed by atoms with Crippen molar-refractivity contribution in [2.75, 3.05) is 26.8 Å². The minimum absolute atomic E-state index is 0.00381. The van der Waals surface area contributed by atoms with Crippen LogP contribution in [0.2, 0.25) is 0 Å². The van der Waals surface area contributed by atoms with E-state index in [0.29, 0.717) is 26.0 Å². The number of nitrogens with one attached hydrogen (secondary N) is 2. The number of aryl methyl sites for hydroxylation is 1. The molecular weight excluding hydrogens is 328 g/mol. The highest BCUT2D eigenvalue weighted by molar-refractivity contribution is 7.89. The van der Waals surface area contributed by atoms with Gasteiger partial charge in [-0.2, -0.15) is 0 Å². The van der Waals surface area contributed by atoms with Gasteiger partial charge < -0.3 is 10.1 Å². The van der Waals surface area contributed by atoms with Crippen LogP contribution in [0.15, 0.2) is 29.2 Å². The topological polar surface area (TPSA) is 84.5 Å². The molecule has 0 bridgehead atoms. The summed E-state index contributed by atoms with van der Waals surface area (Å²) in [5.74, 6) is 0.776. The number of ether oxygens (including phenoxy) is 1. The Labute approximate surface area is 144 Å². The lowest BCUT2D eigenvalue weighted by Crippen LogP contribution is -2.25. The van der Waals surface area contributed by atoms with Gasteiger partial charge in [0, 0.05) is 26.2 Å². The maximum atomic E-state index is 11.8. The molecule has 0 radical (unpaired) electrons. The number of carbonyl (C=O) groups excluding carboxylic acids is 1. The molecule has 1 aromatic rings. The van der Waals surface area contributed by atoms with Gasteiger partial charge in [0.1, 0.15) is 0 Å². The van der Waals surface area contributed by atoms with Gasteiger partial charge in [-0.15, -0.1) is 0 Å². The van der Waals surface area contributed by atoms with Crippen molar-refractivity contribution in [1.29, 1.82) is 0 Å². The fraction of sp³-hybridized carbons (Fsp3) is 0.588. The van der Waals surface area contributed by atoms with Crippen molar-refractivity contribution in [1.82, 2.24) is 10.0 Å². The van der Waals surface area contributed by atoms with Crippen molar-refractivity contribution in [2.24, 2.45) is 5.92 Å². The predicted octanol–water partition coefficient (Wildman–Crippen LogP) is 1.46. The molecule has 24 heavy (non-hydrogen) atoms. The summed E-state index contributed by atoms with van der Waals surface area (Å²) in [6.45, 7) is 2.17. The van der Waals surface area contributed by atoms with E-state index in [-0.39, 0.29) is 10.8 Å². The fourth-order valence-corrected chi connectivity index (χ4v) is 2.97. The minimum atomic E-state index is -3.41. The highest BCUT2D eigenvalue weighted by Crippen LogP contribution is 2.28. The van der Waals surface area contributed by atoms with Crippen molar-refractivity contribution < 1.29 is 17.9 Å². The molecule has 1 aliphatic rings. The van der Waals surface area contributed by atoms with Gasteiger partial charge in [-0.05, 0) is 56.3 Å². The first-order chi connectivity index (χ1) is 11.5. The van der Waals surface area contributed by atoms with Gasteiger partial charge in [0.05, 0.1) is 4.90 Å². The van der Waals surface area contributed by atoms with Crippen LogP contribution in [-0.2, 0) is 26.0 Å². The molecule has 1 fully saturated rings. The Morgan fingerprint density at radius 2 is 1.96 bits per heavy atom. The number of carbonyl (C=O) groups is 1. The first kappa shape index (κ1) is 18.9. The summed E-state index contributed by atoms with van der Waals surface area (Å²) in [5, 5.41) is 2.88. The molecule has 7 heteroatoms. The Hall–Kier alpha value is -1.44. The highest BCUT2D eigenvalue weighted by Gasteiger charge is 2.20. The Balaban J connectivity index is 1.60. The van der Waals surface area contributed by atoms with Gasteiger partial charge in [-0.1, -0.05) is 12.1 Å². The van der Waals surface area contributed by atoms with E-state index >= 15 is 0 Å². The maximum absolute atomic E-state index is 11.8. The second-order valence-electron chi connectivity index (χ2n) is 6.07. The summed E-state index contributed by atoms with van der Waals surface area (Å²) in [4.78, 5) is 12.0. The molecule has 0 spiro atoms. The largest absolute Gasteiger partial charge is 0.381 e. The molecular formula is C17H26N2O4S. The Kier molecular flexibility index (Phi) is 7.20. The normalized spacial score (nSPS) is 14.5. The van der Waals surface area contributed by atoms with E-state index in [1.54, 1.807) is 24.3 Å². The van der Waals surface area contributed by atoms with Crippen molar-refractivity contribution in [2.45, 2.75) is 37.0 Å². The van der Waals surface area contributed by atoms with Crippen LogP contribution in [0.25, 0.3) is 0 Å². The summed E-state index contributed by atoms with van der Waals surface area (Å²) in [6, 6.07) is 6.58. The van der Waals surface area contributed by atoms with Crippen LogP contribution < -0.4 is 10.0 Å². The molecule has 0 heterocycles. The quantitative estimate of drug-likeness (QED) is 0.589. The minimum Gasteiger partial charge on any atom is -0.381 e. The van der Waals surface area contributed by atoms with Crippen LogP contribution in [0, 0.1) is 5.92 Å². The molecule has 134 valence electrons. The monoisotopic (exact) mass is 354 g/mol. The lowest BCUT2D eigenvalue weighted by molar-refractivity contribution is -0.121. The Bertz CT molecular complexity index is 624. The third kappa shape index (κ3) is 6.59. The lowest BCUT2D eigenvalue weighted by atomic mass is 10.1. The van der Waals surface area contributed by atoms with E-state index in [0.717, 1.165) is 24.5 Å². The van der Waals surface area contributed by atoms with Gasteiger partial charge in [-0.25, -0.2) is 13.1 Å². The first-order valence-electron chi connectivity index (χ1n) is 8.38. The second kappa shape index (κ2) is 9.15. The zero-order valence-corrected chi connectivity index (χ0v) is 14.9. The lowest BCUT2D eigenvalue weighted by Gasteiger charge is -2.07. The number of benzene rings is 1.